The van der Waals surface area contributed by atoms with Crippen LogP contribution in [-0.2, 0) is 10.0 Å². The average molecular weight is 302 g/mol. The monoisotopic (exact) mass is 302 g/mol. The van der Waals surface area contributed by atoms with Crippen molar-refractivity contribution in [3.63, 3.8) is 0 Å². The quantitative estimate of drug-likeness (QED) is 0.733. The number of benzene rings is 1. The minimum atomic E-state index is -3.91. The van der Waals surface area contributed by atoms with E-state index in [4.69, 9.17) is 5.73 Å². The molecule has 5 nitrogen and oxygen atoms in total. The molecule has 0 aromatic heterocycles. The van der Waals surface area contributed by atoms with Gasteiger partial charge in [0.05, 0.1) is 17.0 Å². The van der Waals surface area contributed by atoms with Gasteiger partial charge in [0.25, 0.3) is 0 Å². The lowest BCUT2D eigenvalue weighted by molar-refractivity contribution is 0.142. The predicted molar refractivity (Wildman–Crippen MR) is 74.0 cm³/mol. The molecule has 0 saturated heterocycles. The molecule has 0 heterocycles. The van der Waals surface area contributed by atoms with Crippen molar-refractivity contribution in [1.29, 1.82) is 0 Å². The molecule has 20 heavy (non-hydrogen) atoms. The lowest BCUT2D eigenvalue weighted by atomic mass is 9.83. The van der Waals surface area contributed by atoms with Gasteiger partial charge in [-0.25, -0.2) is 17.5 Å². The fourth-order valence-electron chi connectivity index (χ4n) is 2.60. The van der Waals surface area contributed by atoms with Crippen molar-refractivity contribution in [2.45, 2.75) is 42.5 Å². The molecule has 0 bridgehead atoms. The molecule has 0 spiro atoms. The molecular weight excluding hydrogens is 283 g/mol. The van der Waals surface area contributed by atoms with Crippen molar-refractivity contribution in [3.05, 3.63) is 24.0 Å². The van der Waals surface area contributed by atoms with Crippen LogP contribution >= 0.6 is 0 Å². The zero-order chi connectivity index (χ0) is 14.8. The Hall–Kier alpha value is -1.18. The second-order valence-corrected chi connectivity index (χ2v) is 7.01. The first-order valence-electron chi connectivity index (χ1n) is 6.58. The predicted octanol–water partition coefficient (Wildman–Crippen LogP) is 1.38. The summed E-state index contributed by atoms with van der Waals surface area (Å²) in [5, 5.41) is 9.54. The SMILES string of the molecule is Nc1cc(F)cc(S(=O)(=O)NC2(CO)CCCCC2)c1. The second-order valence-electron chi connectivity index (χ2n) is 5.32. The number of nitrogens with two attached hydrogens (primary N) is 1. The molecule has 0 atom stereocenters. The summed E-state index contributed by atoms with van der Waals surface area (Å²) in [7, 11) is -3.91. The number of sulfonamides is 1. The fourth-order valence-corrected chi connectivity index (χ4v) is 4.12. The molecule has 1 aromatic rings. The summed E-state index contributed by atoms with van der Waals surface area (Å²) in [6.07, 6.45) is 3.89. The molecule has 4 N–H and O–H groups in total. The van der Waals surface area contributed by atoms with Crippen molar-refractivity contribution in [3.8, 4) is 0 Å². The van der Waals surface area contributed by atoms with E-state index in [0.717, 1.165) is 31.4 Å². The first kappa shape index (κ1) is 15.2. The third kappa shape index (κ3) is 3.28. The van der Waals surface area contributed by atoms with Crippen molar-refractivity contribution in [1.82, 2.24) is 4.72 Å². The lowest BCUT2D eigenvalue weighted by Crippen LogP contribution is -2.52. The number of aliphatic hydroxyl groups is 1. The molecule has 2 rings (SSSR count). The molecule has 1 saturated carbocycles. The first-order chi connectivity index (χ1) is 9.37. The van der Waals surface area contributed by atoms with E-state index in [1.54, 1.807) is 0 Å². The van der Waals surface area contributed by atoms with E-state index in [0.29, 0.717) is 12.8 Å². The van der Waals surface area contributed by atoms with E-state index in [9.17, 15) is 17.9 Å². The maximum atomic E-state index is 13.3. The van der Waals surface area contributed by atoms with Crippen molar-refractivity contribution >= 4 is 15.7 Å². The fraction of sp³-hybridized carbons (Fsp3) is 0.538. The normalized spacial score (nSPS) is 18.9. The van der Waals surface area contributed by atoms with Gasteiger partial charge in [0.1, 0.15) is 5.82 Å². The lowest BCUT2D eigenvalue weighted by Gasteiger charge is -2.36. The number of aliphatic hydroxyl groups excluding tert-OH is 1. The van der Waals surface area contributed by atoms with Crippen LogP contribution in [0.2, 0.25) is 0 Å². The Morgan fingerprint density at radius 3 is 2.45 bits per heavy atom. The molecule has 7 heteroatoms. The summed E-state index contributed by atoms with van der Waals surface area (Å²) in [6, 6.07) is 3.19. The van der Waals surface area contributed by atoms with E-state index < -0.39 is 21.4 Å². The number of hydrogen-bond donors (Lipinski definition) is 3. The van der Waals surface area contributed by atoms with Gasteiger partial charge in [0.15, 0.2) is 0 Å². The van der Waals surface area contributed by atoms with E-state index in [-0.39, 0.29) is 17.2 Å². The Morgan fingerprint density at radius 1 is 1.25 bits per heavy atom. The highest BCUT2D eigenvalue weighted by atomic mass is 32.2. The van der Waals surface area contributed by atoms with Crippen LogP contribution in [0.25, 0.3) is 0 Å². The van der Waals surface area contributed by atoms with Crippen LogP contribution < -0.4 is 10.5 Å². The van der Waals surface area contributed by atoms with E-state index in [1.165, 1.54) is 6.07 Å². The zero-order valence-electron chi connectivity index (χ0n) is 11.1. The summed E-state index contributed by atoms with van der Waals surface area (Å²) >= 11 is 0. The standard InChI is InChI=1S/C13H19FN2O3S/c14-10-6-11(15)8-12(7-10)20(18,19)16-13(9-17)4-2-1-3-5-13/h6-8,16-17H,1-5,9,15H2. The maximum absolute atomic E-state index is 13.3. The Kier molecular flexibility index (Phi) is 4.31. The summed E-state index contributed by atoms with van der Waals surface area (Å²) in [5.41, 5.74) is 4.67. The van der Waals surface area contributed by atoms with Crippen LogP contribution in [0.4, 0.5) is 10.1 Å². The van der Waals surface area contributed by atoms with Gasteiger partial charge in [-0.1, -0.05) is 19.3 Å². The van der Waals surface area contributed by atoms with E-state index in [1.807, 2.05) is 0 Å². The number of nitrogens with one attached hydrogen (secondary N) is 1. The van der Waals surface area contributed by atoms with Crippen LogP contribution in [0.15, 0.2) is 23.1 Å². The number of rotatable bonds is 4. The third-order valence-electron chi connectivity index (χ3n) is 3.67. The minimum absolute atomic E-state index is 0.0482. The van der Waals surface area contributed by atoms with Crippen LogP contribution in [-0.4, -0.2) is 25.7 Å². The highest BCUT2D eigenvalue weighted by Crippen LogP contribution is 2.29. The molecule has 1 aliphatic carbocycles. The molecule has 1 fully saturated rings. The zero-order valence-corrected chi connectivity index (χ0v) is 11.9. The average Bonchev–Trinajstić information content (AvgIpc) is 2.38. The van der Waals surface area contributed by atoms with Crippen LogP contribution in [0.5, 0.6) is 0 Å². The largest absolute Gasteiger partial charge is 0.399 e. The van der Waals surface area contributed by atoms with E-state index in [2.05, 4.69) is 4.72 Å². The Morgan fingerprint density at radius 2 is 1.90 bits per heavy atom. The number of anilines is 1. The van der Waals surface area contributed by atoms with E-state index >= 15 is 0 Å². The summed E-state index contributed by atoms with van der Waals surface area (Å²) in [4.78, 5) is -0.214. The van der Waals surface area contributed by atoms with Crippen molar-refractivity contribution in [2.24, 2.45) is 0 Å². The number of halogens is 1. The van der Waals surface area contributed by atoms with Gasteiger partial charge in [-0.3, -0.25) is 0 Å². The molecule has 112 valence electrons. The van der Waals surface area contributed by atoms with Gasteiger partial charge < -0.3 is 10.8 Å². The number of nitrogen functional groups attached to an aromatic ring is 1. The number of hydrogen-bond acceptors (Lipinski definition) is 4. The topological polar surface area (TPSA) is 92.4 Å². The molecule has 0 aliphatic heterocycles. The Balaban J connectivity index is 2.30. The van der Waals surface area contributed by atoms with Gasteiger partial charge in [-0.2, -0.15) is 0 Å². The van der Waals surface area contributed by atoms with Gasteiger partial charge >= 0.3 is 0 Å². The van der Waals surface area contributed by atoms with Crippen molar-refractivity contribution in [2.75, 3.05) is 12.3 Å². The molecule has 0 radical (unpaired) electrons. The summed E-state index contributed by atoms with van der Waals surface area (Å²) < 4.78 is 40.5. The van der Waals surface area contributed by atoms with Gasteiger partial charge in [0.2, 0.25) is 10.0 Å². The maximum Gasteiger partial charge on any atom is 0.241 e. The summed E-state index contributed by atoms with van der Waals surface area (Å²) in [6.45, 7) is -0.267. The summed E-state index contributed by atoms with van der Waals surface area (Å²) in [5.74, 6) is -0.702. The molecule has 1 aliphatic rings. The highest BCUT2D eigenvalue weighted by molar-refractivity contribution is 7.89. The minimum Gasteiger partial charge on any atom is -0.399 e. The molecule has 0 unspecified atom stereocenters. The van der Waals surface area contributed by atoms with Crippen molar-refractivity contribution < 1.29 is 17.9 Å². The highest BCUT2D eigenvalue weighted by Gasteiger charge is 2.36. The van der Waals surface area contributed by atoms with Gasteiger partial charge in [0, 0.05) is 5.69 Å². The van der Waals surface area contributed by atoms with Gasteiger partial charge in [-0.05, 0) is 31.0 Å². The Labute approximate surface area is 118 Å². The first-order valence-corrected chi connectivity index (χ1v) is 8.06. The molecule has 1 aromatic carbocycles. The third-order valence-corrected chi connectivity index (χ3v) is 5.23. The second kappa shape index (κ2) is 5.67. The van der Waals surface area contributed by atoms with Crippen LogP contribution in [0.3, 0.4) is 0 Å². The van der Waals surface area contributed by atoms with Crippen LogP contribution in [0.1, 0.15) is 32.1 Å². The smallest absolute Gasteiger partial charge is 0.241 e. The molecule has 0 amide bonds. The molecular formula is C13H19FN2O3S. The Bertz CT molecular complexity index is 563. The van der Waals surface area contributed by atoms with Crippen LogP contribution in [0, 0.1) is 5.82 Å². The van der Waals surface area contributed by atoms with Gasteiger partial charge in [-0.15, -0.1) is 0 Å².